The van der Waals surface area contributed by atoms with Crippen molar-refractivity contribution in [2.24, 2.45) is 0 Å². The van der Waals surface area contributed by atoms with Crippen LogP contribution in [0.3, 0.4) is 0 Å². The average Bonchev–Trinajstić information content (AvgIpc) is 3.02. The molecule has 0 aromatic heterocycles. The highest BCUT2D eigenvalue weighted by atomic mass is 16.6. The van der Waals surface area contributed by atoms with Gasteiger partial charge in [0.15, 0.2) is 0 Å². The predicted molar refractivity (Wildman–Crippen MR) is 102 cm³/mol. The van der Waals surface area contributed by atoms with Gasteiger partial charge in [-0.05, 0) is 44.9 Å². The van der Waals surface area contributed by atoms with Gasteiger partial charge in [0.1, 0.15) is 12.2 Å². The number of ether oxygens (including phenoxy) is 3. The summed E-state index contributed by atoms with van der Waals surface area (Å²) in [6.07, 6.45) is -0.293. The lowest BCUT2D eigenvalue weighted by molar-refractivity contribution is -0.0908. The fraction of sp³-hybridized carbons (Fsp3) is 0.619. The summed E-state index contributed by atoms with van der Waals surface area (Å²) in [4.78, 5) is 28.3. The van der Waals surface area contributed by atoms with E-state index in [1.807, 2.05) is 39.8 Å². The van der Waals surface area contributed by atoms with E-state index in [1.165, 1.54) is 0 Å². The number of esters is 1. The molecule has 0 radical (unpaired) electrons. The molecule has 7 heteroatoms. The lowest BCUT2D eigenvalue weighted by Gasteiger charge is -2.46. The number of fused-ring (bicyclic) bond motifs is 2. The molecular weight excluding hydrogens is 360 g/mol. The van der Waals surface area contributed by atoms with Crippen LogP contribution in [0.15, 0.2) is 12.1 Å². The molecule has 1 unspecified atom stereocenters. The van der Waals surface area contributed by atoms with E-state index in [0.717, 1.165) is 29.8 Å². The van der Waals surface area contributed by atoms with Crippen molar-refractivity contribution in [1.82, 2.24) is 9.80 Å². The van der Waals surface area contributed by atoms with Gasteiger partial charge < -0.3 is 19.1 Å². The first kappa shape index (κ1) is 19.2. The van der Waals surface area contributed by atoms with Crippen molar-refractivity contribution in [3.8, 4) is 0 Å². The quantitative estimate of drug-likeness (QED) is 0.689. The van der Waals surface area contributed by atoms with Crippen molar-refractivity contribution in [3.05, 3.63) is 34.4 Å². The monoisotopic (exact) mass is 388 g/mol. The van der Waals surface area contributed by atoms with Crippen molar-refractivity contribution < 1.29 is 23.8 Å². The summed E-state index contributed by atoms with van der Waals surface area (Å²) in [6, 6.07) is 4.02. The number of hydrogen-bond donors (Lipinski definition) is 0. The van der Waals surface area contributed by atoms with E-state index in [-0.39, 0.29) is 24.2 Å². The van der Waals surface area contributed by atoms with Crippen molar-refractivity contribution >= 4 is 12.1 Å². The molecule has 4 rings (SSSR count). The Labute approximate surface area is 165 Å². The molecule has 2 atom stereocenters. The van der Waals surface area contributed by atoms with Gasteiger partial charge in [0.2, 0.25) is 0 Å². The van der Waals surface area contributed by atoms with Crippen LogP contribution in [-0.2, 0) is 20.8 Å². The van der Waals surface area contributed by atoms with Gasteiger partial charge in [-0.2, -0.15) is 0 Å². The van der Waals surface area contributed by atoms with Crippen molar-refractivity contribution in [2.75, 3.05) is 32.8 Å². The number of cyclic esters (lactones) is 1. The molecule has 3 aliphatic rings. The molecule has 3 aliphatic heterocycles. The molecule has 2 saturated heterocycles. The molecule has 28 heavy (non-hydrogen) atoms. The summed E-state index contributed by atoms with van der Waals surface area (Å²) in [5, 5.41) is 0. The molecule has 1 amide bonds. The Bertz CT molecular complexity index is 801. The summed E-state index contributed by atoms with van der Waals surface area (Å²) in [5.74, 6) is -0.243. The highest BCUT2D eigenvalue weighted by Gasteiger charge is 2.37. The van der Waals surface area contributed by atoms with E-state index < -0.39 is 5.60 Å². The number of morpholine rings is 1. The third kappa shape index (κ3) is 3.61. The van der Waals surface area contributed by atoms with Gasteiger partial charge in [-0.3, -0.25) is 4.90 Å². The predicted octanol–water partition coefficient (Wildman–Crippen LogP) is 2.66. The van der Waals surface area contributed by atoms with E-state index in [9.17, 15) is 9.59 Å². The molecule has 7 nitrogen and oxygen atoms in total. The zero-order valence-corrected chi connectivity index (χ0v) is 17.0. The third-order valence-electron chi connectivity index (χ3n) is 5.70. The third-order valence-corrected chi connectivity index (χ3v) is 5.70. The molecule has 0 aliphatic carbocycles. The first-order valence-corrected chi connectivity index (χ1v) is 9.86. The minimum atomic E-state index is -0.488. The Hall–Kier alpha value is -2.12. The van der Waals surface area contributed by atoms with Gasteiger partial charge in [-0.25, -0.2) is 9.59 Å². The molecule has 0 saturated carbocycles. The number of carbonyl (C=O) groups excluding carboxylic acids is 2. The van der Waals surface area contributed by atoms with Crippen LogP contribution in [-0.4, -0.2) is 66.3 Å². The van der Waals surface area contributed by atoms with Crippen molar-refractivity contribution in [1.29, 1.82) is 0 Å². The second-order valence-electron chi connectivity index (χ2n) is 8.78. The molecule has 0 bridgehead atoms. The summed E-state index contributed by atoms with van der Waals surface area (Å²) in [5.41, 5.74) is 3.35. The van der Waals surface area contributed by atoms with Crippen LogP contribution in [0.1, 0.15) is 53.9 Å². The van der Waals surface area contributed by atoms with Crippen LogP contribution < -0.4 is 0 Å². The van der Waals surface area contributed by atoms with E-state index in [1.54, 1.807) is 4.90 Å². The topological polar surface area (TPSA) is 68.3 Å². The summed E-state index contributed by atoms with van der Waals surface area (Å²) in [6.45, 7) is 11.4. The summed E-state index contributed by atoms with van der Waals surface area (Å²) >= 11 is 0. The number of rotatable bonds is 1. The van der Waals surface area contributed by atoms with E-state index in [2.05, 4.69) is 4.90 Å². The first-order chi connectivity index (χ1) is 13.2. The molecule has 0 spiro atoms. The maximum absolute atomic E-state index is 12.4. The second kappa shape index (κ2) is 7.04. The zero-order valence-electron chi connectivity index (χ0n) is 17.0. The number of piperazine rings is 1. The molecule has 1 aromatic rings. The van der Waals surface area contributed by atoms with Gasteiger partial charge >= 0.3 is 12.1 Å². The normalized spacial score (nSPS) is 25.1. The number of benzene rings is 1. The largest absolute Gasteiger partial charge is 0.457 e. The summed E-state index contributed by atoms with van der Waals surface area (Å²) < 4.78 is 16.8. The molecule has 152 valence electrons. The van der Waals surface area contributed by atoms with E-state index >= 15 is 0 Å². The number of nitrogens with zero attached hydrogens (tertiary/aromatic N) is 2. The number of amides is 1. The Morgan fingerprint density at radius 2 is 2.00 bits per heavy atom. The van der Waals surface area contributed by atoms with Crippen LogP contribution in [0.4, 0.5) is 4.79 Å². The smallest absolute Gasteiger partial charge is 0.410 e. The lowest BCUT2D eigenvalue weighted by atomic mass is 9.94. The SMILES string of the molecule is Cc1c([C@@H]2CN3CCN(C(=O)OC(C)(C)C)CC3CO2)ccc2c1COC2=O. The van der Waals surface area contributed by atoms with Crippen molar-refractivity contribution in [3.63, 3.8) is 0 Å². The average molecular weight is 388 g/mol. The Morgan fingerprint density at radius 3 is 2.75 bits per heavy atom. The van der Waals surface area contributed by atoms with Gasteiger partial charge in [0.05, 0.1) is 24.3 Å². The maximum Gasteiger partial charge on any atom is 0.410 e. The molecule has 0 N–H and O–H groups in total. The van der Waals surface area contributed by atoms with Gasteiger partial charge in [-0.1, -0.05) is 6.07 Å². The van der Waals surface area contributed by atoms with Crippen LogP contribution in [0.5, 0.6) is 0 Å². The van der Waals surface area contributed by atoms with Gasteiger partial charge in [-0.15, -0.1) is 0 Å². The van der Waals surface area contributed by atoms with Crippen LogP contribution in [0, 0.1) is 6.92 Å². The Balaban J connectivity index is 1.42. The minimum absolute atomic E-state index is 0.0367. The van der Waals surface area contributed by atoms with Crippen LogP contribution in [0.25, 0.3) is 0 Å². The molecule has 3 heterocycles. The lowest BCUT2D eigenvalue weighted by Crippen LogP contribution is -2.60. The van der Waals surface area contributed by atoms with E-state index in [4.69, 9.17) is 14.2 Å². The Kier molecular flexibility index (Phi) is 4.83. The molecule has 1 aromatic carbocycles. The molecular formula is C21H28N2O5. The highest BCUT2D eigenvalue weighted by molar-refractivity contribution is 5.93. The molecule has 2 fully saturated rings. The second-order valence-corrected chi connectivity index (χ2v) is 8.78. The fourth-order valence-electron chi connectivity index (χ4n) is 4.18. The first-order valence-electron chi connectivity index (χ1n) is 9.86. The standard InChI is InChI=1S/C21H28N2O5/c1-13-15(5-6-16-17(13)12-27-19(16)24)18-10-22-7-8-23(9-14(22)11-26-18)20(25)28-21(2,3)4/h5-6,14,18H,7-12H2,1-4H3/t14?,18-/m0/s1. The van der Waals surface area contributed by atoms with E-state index in [0.29, 0.717) is 31.9 Å². The highest BCUT2D eigenvalue weighted by Crippen LogP contribution is 2.33. The fourth-order valence-corrected chi connectivity index (χ4v) is 4.18. The number of carbonyl (C=O) groups is 2. The minimum Gasteiger partial charge on any atom is -0.457 e. The maximum atomic E-state index is 12.4. The number of hydrogen-bond acceptors (Lipinski definition) is 6. The van der Waals surface area contributed by atoms with Crippen LogP contribution >= 0.6 is 0 Å². The van der Waals surface area contributed by atoms with Gasteiger partial charge in [0, 0.05) is 31.7 Å². The Morgan fingerprint density at radius 1 is 1.21 bits per heavy atom. The van der Waals surface area contributed by atoms with Gasteiger partial charge in [0.25, 0.3) is 0 Å². The summed E-state index contributed by atoms with van der Waals surface area (Å²) in [7, 11) is 0. The zero-order chi connectivity index (χ0) is 20.1. The van der Waals surface area contributed by atoms with Crippen molar-refractivity contribution in [2.45, 2.75) is 52.0 Å². The van der Waals surface area contributed by atoms with Crippen LogP contribution in [0.2, 0.25) is 0 Å².